The Kier molecular flexibility index (Phi) is 7.92. The Balaban J connectivity index is 2.51. The summed E-state index contributed by atoms with van der Waals surface area (Å²) in [6.45, 7) is 7.13. The number of nitrogens with zero attached hydrogens (tertiary/aromatic N) is 1. The van der Waals surface area contributed by atoms with Crippen LogP contribution in [0.2, 0.25) is 0 Å². The maximum Gasteiger partial charge on any atom is 0.328 e. The van der Waals surface area contributed by atoms with Crippen molar-refractivity contribution in [3.8, 4) is 0 Å². The van der Waals surface area contributed by atoms with Gasteiger partial charge in [-0.05, 0) is 13.8 Å². The van der Waals surface area contributed by atoms with Gasteiger partial charge >= 0.3 is 23.6 Å². The lowest BCUT2D eigenvalue weighted by atomic mass is 10.0. The van der Waals surface area contributed by atoms with Crippen LogP contribution in [-0.2, 0) is 39.9 Å². The number of aromatic nitrogens is 2. The van der Waals surface area contributed by atoms with Gasteiger partial charge in [-0.1, -0.05) is 11.6 Å². The van der Waals surface area contributed by atoms with Crippen LogP contribution in [0.25, 0.3) is 0 Å². The van der Waals surface area contributed by atoms with Crippen LogP contribution in [0.3, 0.4) is 0 Å². The third kappa shape index (κ3) is 6.38. The van der Waals surface area contributed by atoms with Gasteiger partial charge in [0.05, 0.1) is 5.56 Å². The molecule has 2 heterocycles. The maximum atomic E-state index is 12.6. The zero-order chi connectivity index (χ0) is 23.3. The van der Waals surface area contributed by atoms with E-state index < -0.39 is 53.6 Å². The Morgan fingerprint density at radius 1 is 1.03 bits per heavy atom. The summed E-state index contributed by atoms with van der Waals surface area (Å²) < 4.78 is 22.7. The fraction of sp³-hybridized carbons (Fsp3) is 0.550. The Bertz CT molecular complexity index is 987. The van der Waals surface area contributed by atoms with Crippen LogP contribution in [0.1, 0.15) is 46.3 Å². The first-order chi connectivity index (χ1) is 14.5. The van der Waals surface area contributed by atoms with Crippen molar-refractivity contribution in [1.82, 2.24) is 9.55 Å². The van der Waals surface area contributed by atoms with Gasteiger partial charge in [-0.2, -0.15) is 0 Å². The number of allylic oxidation sites excluding steroid dienone is 2. The van der Waals surface area contributed by atoms with E-state index in [1.807, 2.05) is 13.8 Å². The van der Waals surface area contributed by atoms with E-state index in [2.05, 4.69) is 4.98 Å². The second-order valence-electron chi connectivity index (χ2n) is 7.32. The fourth-order valence-electron chi connectivity index (χ4n) is 3.11. The van der Waals surface area contributed by atoms with Crippen molar-refractivity contribution in [3.63, 3.8) is 0 Å². The molecule has 170 valence electrons. The first kappa shape index (κ1) is 24.1. The van der Waals surface area contributed by atoms with Crippen LogP contribution in [0.4, 0.5) is 0 Å². The number of hydrogen-bond acceptors (Lipinski definition) is 9. The molecule has 1 aliphatic heterocycles. The molecule has 1 aliphatic rings. The molecule has 0 radical (unpaired) electrons. The average molecular weight is 438 g/mol. The molecule has 11 nitrogen and oxygen atoms in total. The zero-order valence-corrected chi connectivity index (χ0v) is 18.0. The second kappa shape index (κ2) is 10.2. The van der Waals surface area contributed by atoms with E-state index in [0.717, 1.165) is 19.4 Å². The molecule has 11 heteroatoms. The molecule has 1 fully saturated rings. The SMILES string of the molecule is CC(=O)OC[C@H]1O[C@@H](c2cn(CC=C(C)C)c(=O)[nH]c2=O)C(OC(C)=O)C1OC(C)=O. The lowest BCUT2D eigenvalue weighted by Crippen LogP contribution is -2.41. The monoisotopic (exact) mass is 438 g/mol. The van der Waals surface area contributed by atoms with Crippen LogP contribution in [-0.4, -0.2) is 52.4 Å². The van der Waals surface area contributed by atoms with E-state index in [9.17, 15) is 24.0 Å². The van der Waals surface area contributed by atoms with Crippen LogP contribution >= 0.6 is 0 Å². The molecule has 1 N–H and O–H groups in total. The first-order valence-electron chi connectivity index (χ1n) is 9.60. The summed E-state index contributed by atoms with van der Waals surface area (Å²) in [5.41, 5.74) is -0.405. The van der Waals surface area contributed by atoms with E-state index in [1.54, 1.807) is 6.08 Å². The van der Waals surface area contributed by atoms with Crippen LogP contribution < -0.4 is 11.2 Å². The summed E-state index contributed by atoms with van der Waals surface area (Å²) in [4.78, 5) is 61.5. The van der Waals surface area contributed by atoms with E-state index in [-0.39, 0.29) is 18.7 Å². The number of aromatic amines is 1. The molecule has 0 bridgehead atoms. The molecule has 0 spiro atoms. The van der Waals surface area contributed by atoms with Gasteiger partial charge in [0, 0.05) is 33.5 Å². The molecule has 0 amide bonds. The van der Waals surface area contributed by atoms with Gasteiger partial charge in [-0.3, -0.25) is 28.7 Å². The highest BCUT2D eigenvalue weighted by atomic mass is 16.6. The summed E-state index contributed by atoms with van der Waals surface area (Å²) in [5, 5.41) is 0. The Hall–Kier alpha value is -3.21. The third-order valence-electron chi connectivity index (χ3n) is 4.41. The zero-order valence-electron chi connectivity index (χ0n) is 18.0. The van der Waals surface area contributed by atoms with Gasteiger partial charge in [0.15, 0.2) is 12.2 Å². The quantitative estimate of drug-likeness (QED) is 0.363. The van der Waals surface area contributed by atoms with Crippen molar-refractivity contribution < 1.29 is 33.3 Å². The highest BCUT2D eigenvalue weighted by Crippen LogP contribution is 2.36. The van der Waals surface area contributed by atoms with E-state index >= 15 is 0 Å². The number of hydrogen-bond donors (Lipinski definition) is 1. The molecular formula is C20H26N2O9. The minimum absolute atomic E-state index is 0.00418. The van der Waals surface area contributed by atoms with Gasteiger partial charge in [0.25, 0.3) is 5.56 Å². The van der Waals surface area contributed by atoms with Crippen LogP contribution in [0.5, 0.6) is 0 Å². The van der Waals surface area contributed by atoms with Gasteiger partial charge in [-0.25, -0.2) is 4.79 Å². The Morgan fingerprint density at radius 2 is 1.65 bits per heavy atom. The predicted molar refractivity (Wildman–Crippen MR) is 106 cm³/mol. The van der Waals surface area contributed by atoms with Crippen molar-refractivity contribution in [1.29, 1.82) is 0 Å². The molecule has 0 aromatic carbocycles. The summed E-state index contributed by atoms with van der Waals surface area (Å²) >= 11 is 0. The molecule has 31 heavy (non-hydrogen) atoms. The van der Waals surface area contributed by atoms with Gasteiger partial charge in [0.1, 0.15) is 18.8 Å². The summed E-state index contributed by atoms with van der Waals surface area (Å²) in [7, 11) is 0. The summed E-state index contributed by atoms with van der Waals surface area (Å²) in [6.07, 6.45) is -1.41. The minimum atomic E-state index is -1.20. The summed E-state index contributed by atoms with van der Waals surface area (Å²) in [5.74, 6) is -1.97. The van der Waals surface area contributed by atoms with Crippen molar-refractivity contribution in [2.24, 2.45) is 0 Å². The van der Waals surface area contributed by atoms with E-state index in [4.69, 9.17) is 18.9 Å². The highest BCUT2D eigenvalue weighted by molar-refractivity contribution is 5.68. The lowest BCUT2D eigenvalue weighted by molar-refractivity contribution is -0.165. The van der Waals surface area contributed by atoms with Crippen LogP contribution in [0, 0.1) is 0 Å². The normalized spacial score (nSPS) is 22.5. The molecule has 4 atom stereocenters. The number of esters is 3. The molecule has 1 aromatic rings. The standard InChI is InChI=1S/C20H26N2O9/c1-10(2)6-7-22-8-14(19(26)21-20(22)27)16-18(30-13(5)25)17(29-12(4)24)15(31-16)9-28-11(3)23/h6,8,15-18H,7,9H2,1-5H3,(H,21,26,27)/t15-,16+,17?,18?/m1/s1. The number of nitrogens with one attached hydrogen (secondary N) is 1. The van der Waals surface area contributed by atoms with Crippen molar-refractivity contribution >= 4 is 17.9 Å². The number of rotatable bonds is 7. The van der Waals surface area contributed by atoms with Crippen LogP contribution in [0.15, 0.2) is 27.4 Å². The Morgan fingerprint density at radius 3 is 2.19 bits per heavy atom. The number of ether oxygens (including phenoxy) is 4. The van der Waals surface area contributed by atoms with Gasteiger partial charge in [-0.15, -0.1) is 0 Å². The average Bonchev–Trinajstić information content (AvgIpc) is 2.95. The second-order valence-corrected chi connectivity index (χ2v) is 7.32. The minimum Gasteiger partial charge on any atom is -0.463 e. The Labute approximate surface area is 177 Å². The molecular weight excluding hydrogens is 412 g/mol. The highest BCUT2D eigenvalue weighted by Gasteiger charge is 2.51. The topological polar surface area (TPSA) is 143 Å². The van der Waals surface area contributed by atoms with Gasteiger partial charge in [0.2, 0.25) is 0 Å². The molecule has 1 aromatic heterocycles. The van der Waals surface area contributed by atoms with Crippen molar-refractivity contribution in [2.45, 2.75) is 65.6 Å². The van der Waals surface area contributed by atoms with E-state index in [0.29, 0.717) is 0 Å². The molecule has 1 saturated heterocycles. The van der Waals surface area contributed by atoms with E-state index in [1.165, 1.54) is 17.7 Å². The molecule has 0 saturated carbocycles. The largest absolute Gasteiger partial charge is 0.463 e. The predicted octanol–water partition coefficient (Wildman–Crippen LogP) is 0.369. The molecule has 0 aliphatic carbocycles. The van der Waals surface area contributed by atoms with Crippen molar-refractivity contribution in [2.75, 3.05) is 6.61 Å². The third-order valence-corrected chi connectivity index (χ3v) is 4.41. The smallest absolute Gasteiger partial charge is 0.328 e. The number of carbonyl (C=O) groups is 3. The molecule has 2 rings (SSSR count). The van der Waals surface area contributed by atoms with Gasteiger partial charge < -0.3 is 18.9 Å². The lowest BCUT2D eigenvalue weighted by Gasteiger charge is -2.23. The number of H-pyrrole nitrogens is 1. The first-order valence-corrected chi connectivity index (χ1v) is 9.60. The molecule has 2 unspecified atom stereocenters. The van der Waals surface area contributed by atoms with Crippen molar-refractivity contribution in [3.05, 3.63) is 44.2 Å². The summed E-state index contributed by atoms with van der Waals surface area (Å²) in [6, 6.07) is 0. The maximum absolute atomic E-state index is 12.6. The fourth-order valence-corrected chi connectivity index (χ4v) is 3.11. The number of carbonyl (C=O) groups excluding carboxylic acids is 3.